The van der Waals surface area contributed by atoms with Gasteiger partial charge in [-0.2, -0.15) is 0 Å². The Kier molecular flexibility index (Phi) is 4.93. The smallest absolute Gasteiger partial charge is 0.251 e. The Morgan fingerprint density at radius 3 is 2.58 bits per heavy atom. The van der Waals surface area contributed by atoms with Crippen LogP contribution in [-0.2, 0) is 0 Å². The number of carbonyl (C=O) groups excluding carboxylic acids is 1. The second kappa shape index (κ2) is 7.48. The van der Waals surface area contributed by atoms with Gasteiger partial charge in [0.25, 0.3) is 5.91 Å². The minimum atomic E-state index is -0.882. The van der Waals surface area contributed by atoms with Gasteiger partial charge in [0.05, 0.1) is 12.8 Å². The molecule has 5 nitrogen and oxygen atoms in total. The lowest BCUT2D eigenvalue weighted by molar-refractivity contribution is 0.0901. The van der Waals surface area contributed by atoms with Crippen molar-refractivity contribution in [2.75, 3.05) is 6.54 Å². The van der Waals surface area contributed by atoms with Gasteiger partial charge in [0.15, 0.2) is 0 Å². The largest absolute Gasteiger partial charge is 0.467 e. The number of carbonyl (C=O) groups is 1. The van der Waals surface area contributed by atoms with E-state index in [9.17, 15) is 9.90 Å². The number of ether oxygens (including phenoxy) is 1. The molecule has 0 fully saturated rings. The van der Waals surface area contributed by atoms with Crippen LogP contribution in [-0.4, -0.2) is 17.6 Å². The fourth-order valence-corrected chi connectivity index (χ4v) is 2.20. The molecule has 0 aliphatic carbocycles. The van der Waals surface area contributed by atoms with E-state index >= 15 is 0 Å². The molecule has 5 heteroatoms. The van der Waals surface area contributed by atoms with Crippen molar-refractivity contribution in [3.05, 3.63) is 84.3 Å². The van der Waals surface area contributed by atoms with E-state index in [1.807, 2.05) is 30.3 Å². The fraction of sp³-hybridized carbons (Fsp3) is 0.105. The number of benzene rings is 2. The van der Waals surface area contributed by atoms with Crippen molar-refractivity contribution < 1.29 is 19.1 Å². The number of rotatable bonds is 6. The summed E-state index contributed by atoms with van der Waals surface area (Å²) in [7, 11) is 0. The first kappa shape index (κ1) is 15.8. The van der Waals surface area contributed by atoms with Crippen LogP contribution in [0.15, 0.2) is 77.4 Å². The molecule has 0 spiro atoms. The van der Waals surface area contributed by atoms with Gasteiger partial charge < -0.3 is 19.6 Å². The molecule has 0 aliphatic heterocycles. The molecule has 122 valence electrons. The maximum absolute atomic E-state index is 12.2. The van der Waals surface area contributed by atoms with Crippen molar-refractivity contribution in [2.24, 2.45) is 0 Å². The van der Waals surface area contributed by atoms with Crippen LogP contribution in [0, 0.1) is 0 Å². The topological polar surface area (TPSA) is 71.7 Å². The number of amides is 1. The highest BCUT2D eigenvalue weighted by Crippen LogP contribution is 2.22. The van der Waals surface area contributed by atoms with Crippen molar-refractivity contribution >= 4 is 5.91 Å². The highest BCUT2D eigenvalue weighted by molar-refractivity contribution is 5.94. The summed E-state index contributed by atoms with van der Waals surface area (Å²) < 4.78 is 10.8. The van der Waals surface area contributed by atoms with E-state index in [1.165, 1.54) is 6.26 Å². The predicted molar refractivity (Wildman–Crippen MR) is 89.0 cm³/mol. The number of furan rings is 1. The molecule has 1 heterocycles. The first-order valence-corrected chi connectivity index (χ1v) is 7.55. The minimum absolute atomic E-state index is 0.0656. The van der Waals surface area contributed by atoms with E-state index in [0.717, 1.165) is 0 Å². The summed E-state index contributed by atoms with van der Waals surface area (Å²) >= 11 is 0. The van der Waals surface area contributed by atoms with Gasteiger partial charge in [-0.15, -0.1) is 0 Å². The van der Waals surface area contributed by atoms with E-state index in [4.69, 9.17) is 9.15 Å². The number of hydrogen-bond donors (Lipinski definition) is 2. The maximum Gasteiger partial charge on any atom is 0.251 e. The van der Waals surface area contributed by atoms with Crippen LogP contribution in [0.4, 0.5) is 0 Å². The van der Waals surface area contributed by atoms with Gasteiger partial charge in [-0.3, -0.25) is 4.79 Å². The third kappa shape index (κ3) is 4.02. The summed E-state index contributed by atoms with van der Waals surface area (Å²) in [5, 5.41) is 12.6. The molecular weight excluding hydrogens is 306 g/mol. The van der Waals surface area contributed by atoms with Crippen molar-refractivity contribution in [1.82, 2.24) is 5.32 Å². The summed E-state index contributed by atoms with van der Waals surface area (Å²) in [5.74, 6) is 1.39. The van der Waals surface area contributed by atoms with Crippen LogP contribution in [0.1, 0.15) is 22.2 Å². The Morgan fingerprint density at radius 1 is 1.04 bits per heavy atom. The average Bonchev–Trinajstić information content (AvgIpc) is 3.15. The molecule has 1 aromatic heterocycles. The van der Waals surface area contributed by atoms with E-state index in [2.05, 4.69) is 5.32 Å². The predicted octanol–water partition coefficient (Wildman–Crippen LogP) is 3.54. The second-order valence-corrected chi connectivity index (χ2v) is 5.18. The number of nitrogens with one attached hydrogen (secondary N) is 1. The minimum Gasteiger partial charge on any atom is -0.467 e. The number of aliphatic hydroxyl groups is 1. The van der Waals surface area contributed by atoms with Gasteiger partial charge in [0.1, 0.15) is 23.4 Å². The van der Waals surface area contributed by atoms with Crippen LogP contribution >= 0.6 is 0 Å². The van der Waals surface area contributed by atoms with E-state index in [1.54, 1.807) is 36.4 Å². The molecule has 0 aliphatic rings. The molecular formula is C19H17NO4. The Bertz CT molecular complexity index is 784. The zero-order chi connectivity index (χ0) is 16.8. The van der Waals surface area contributed by atoms with Crippen LogP contribution in [0.2, 0.25) is 0 Å². The van der Waals surface area contributed by atoms with Gasteiger partial charge in [-0.1, -0.05) is 24.3 Å². The molecule has 2 aromatic carbocycles. The lowest BCUT2D eigenvalue weighted by Crippen LogP contribution is -2.28. The highest BCUT2D eigenvalue weighted by Gasteiger charge is 2.13. The van der Waals surface area contributed by atoms with Crippen molar-refractivity contribution in [1.29, 1.82) is 0 Å². The van der Waals surface area contributed by atoms with Gasteiger partial charge in [-0.25, -0.2) is 0 Å². The molecule has 3 rings (SSSR count). The molecule has 0 bridgehead atoms. The lowest BCUT2D eigenvalue weighted by Gasteiger charge is -2.11. The standard InChI is InChI=1S/C19H17NO4/c21-17(18-10-5-11-23-18)13-20-19(22)14-6-4-9-16(12-14)24-15-7-2-1-3-8-15/h1-12,17,21H,13H2,(H,20,22). The molecule has 1 atom stereocenters. The highest BCUT2D eigenvalue weighted by atomic mass is 16.5. The first-order chi connectivity index (χ1) is 11.7. The third-order valence-corrected chi connectivity index (χ3v) is 3.40. The Labute approximate surface area is 139 Å². The quantitative estimate of drug-likeness (QED) is 0.728. The Hall–Kier alpha value is -3.05. The van der Waals surface area contributed by atoms with Gasteiger partial charge in [0.2, 0.25) is 0 Å². The summed E-state index contributed by atoms with van der Waals surface area (Å²) in [6.07, 6.45) is 0.595. The molecule has 0 saturated carbocycles. The van der Waals surface area contributed by atoms with Crippen molar-refractivity contribution in [3.63, 3.8) is 0 Å². The van der Waals surface area contributed by atoms with E-state index < -0.39 is 6.10 Å². The summed E-state index contributed by atoms with van der Waals surface area (Å²) in [4.78, 5) is 12.2. The first-order valence-electron chi connectivity index (χ1n) is 7.55. The van der Waals surface area contributed by atoms with Gasteiger partial charge in [0, 0.05) is 5.56 Å². The number of para-hydroxylation sites is 1. The zero-order valence-electron chi connectivity index (χ0n) is 12.9. The Morgan fingerprint density at radius 2 is 1.83 bits per heavy atom. The molecule has 1 unspecified atom stereocenters. The molecule has 2 N–H and O–H groups in total. The molecule has 3 aromatic rings. The fourth-order valence-electron chi connectivity index (χ4n) is 2.20. The van der Waals surface area contributed by atoms with Gasteiger partial charge >= 0.3 is 0 Å². The van der Waals surface area contributed by atoms with Crippen LogP contribution < -0.4 is 10.1 Å². The maximum atomic E-state index is 12.2. The number of aliphatic hydroxyl groups excluding tert-OH is 1. The van der Waals surface area contributed by atoms with Gasteiger partial charge in [-0.05, 0) is 42.5 Å². The third-order valence-electron chi connectivity index (χ3n) is 3.40. The Balaban J connectivity index is 1.62. The lowest BCUT2D eigenvalue weighted by atomic mass is 10.2. The van der Waals surface area contributed by atoms with Crippen LogP contribution in [0.3, 0.4) is 0 Å². The summed E-state index contributed by atoms with van der Waals surface area (Å²) in [6, 6.07) is 19.5. The molecule has 0 radical (unpaired) electrons. The van der Waals surface area contributed by atoms with E-state index in [0.29, 0.717) is 22.8 Å². The van der Waals surface area contributed by atoms with Crippen LogP contribution in [0.25, 0.3) is 0 Å². The van der Waals surface area contributed by atoms with Crippen LogP contribution in [0.5, 0.6) is 11.5 Å². The molecule has 0 saturated heterocycles. The van der Waals surface area contributed by atoms with Crippen molar-refractivity contribution in [2.45, 2.75) is 6.10 Å². The normalized spacial score (nSPS) is 11.7. The second-order valence-electron chi connectivity index (χ2n) is 5.18. The molecule has 24 heavy (non-hydrogen) atoms. The monoisotopic (exact) mass is 323 g/mol. The zero-order valence-corrected chi connectivity index (χ0v) is 12.9. The van der Waals surface area contributed by atoms with E-state index in [-0.39, 0.29) is 12.5 Å². The summed E-state index contributed by atoms with van der Waals surface area (Å²) in [5.41, 5.74) is 0.454. The van der Waals surface area contributed by atoms with Crippen molar-refractivity contribution in [3.8, 4) is 11.5 Å². The summed E-state index contributed by atoms with van der Waals surface area (Å²) in [6.45, 7) is 0.0656. The SMILES string of the molecule is O=C(NCC(O)c1ccco1)c1cccc(Oc2ccccc2)c1. The average molecular weight is 323 g/mol. The molecule has 1 amide bonds. The number of hydrogen-bond acceptors (Lipinski definition) is 4.